The predicted molar refractivity (Wildman–Crippen MR) is 47.7 cm³/mol. The highest BCUT2D eigenvalue weighted by Gasteiger charge is 2.15. The smallest absolute Gasteiger partial charge is 0.150 e. The number of carbonyl (C=O) groups is 2. The fourth-order valence-corrected chi connectivity index (χ4v) is 0.977. The molecule has 3 heteroatoms. The van der Waals surface area contributed by atoms with Gasteiger partial charge in [0.2, 0.25) is 0 Å². The van der Waals surface area contributed by atoms with Gasteiger partial charge in [-0.1, -0.05) is 13.8 Å². The maximum absolute atomic E-state index is 11.2. The summed E-state index contributed by atoms with van der Waals surface area (Å²) in [6, 6.07) is -0.593. The van der Waals surface area contributed by atoms with Crippen LogP contribution in [0, 0.1) is 5.92 Å². The molecular weight excluding hydrogens is 154 g/mol. The lowest BCUT2D eigenvalue weighted by molar-refractivity contribution is -0.125. The van der Waals surface area contributed by atoms with Crippen molar-refractivity contribution in [2.24, 2.45) is 11.7 Å². The van der Waals surface area contributed by atoms with Crippen LogP contribution < -0.4 is 5.73 Å². The summed E-state index contributed by atoms with van der Waals surface area (Å²) in [5.74, 6) is 0.273. The second kappa shape index (κ2) is 5.04. The lowest BCUT2D eigenvalue weighted by Gasteiger charge is -2.09. The molecule has 1 unspecified atom stereocenters. The van der Waals surface area contributed by atoms with Gasteiger partial charge in [0.25, 0.3) is 0 Å². The Hall–Kier alpha value is -0.700. The van der Waals surface area contributed by atoms with Gasteiger partial charge >= 0.3 is 0 Å². The van der Waals surface area contributed by atoms with Crippen molar-refractivity contribution in [2.45, 2.75) is 39.7 Å². The van der Waals surface area contributed by atoms with Crippen LogP contribution in [-0.4, -0.2) is 17.6 Å². The summed E-state index contributed by atoms with van der Waals surface area (Å²) >= 11 is 0. The molecule has 0 spiro atoms. The van der Waals surface area contributed by atoms with Crippen molar-refractivity contribution < 1.29 is 9.59 Å². The van der Waals surface area contributed by atoms with Crippen molar-refractivity contribution in [1.82, 2.24) is 0 Å². The van der Waals surface area contributed by atoms with Crippen LogP contribution >= 0.6 is 0 Å². The number of rotatable bonds is 5. The largest absolute Gasteiger partial charge is 0.321 e. The maximum Gasteiger partial charge on any atom is 0.150 e. The third kappa shape index (κ3) is 5.02. The van der Waals surface area contributed by atoms with E-state index < -0.39 is 6.04 Å². The Bertz CT molecular complexity index is 175. The van der Waals surface area contributed by atoms with Gasteiger partial charge in [-0.05, 0) is 12.8 Å². The first-order chi connectivity index (χ1) is 5.43. The monoisotopic (exact) mass is 171 g/mol. The van der Waals surface area contributed by atoms with Crippen molar-refractivity contribution in [3.63, 3.8) is 0 Å². The molecule has 12 heavy (non-hydrogen) atoms. The van der Waals surface area contributed by atoms with E-state index in [2.05, 4.69) is 0 Å². The average Bonchev–Trinajstić information content (AvgIpc) is 1.84. The number of carbonyl (C=O) groups excluding carboxylic acids is 2. The zero-order chi connectivity index (χ0) is 9.72. The number of nitrogens with two attached hydrogens (primary N) is 1. The van der Waals surface area contributed by atoms with E-state index in [9.17, 15) is 9.59 Å². The van der Waals surface area contributed by atoms with E-state index in [1.807, 2.05) is 13.8 Å². The normalized spacial score (nSPS) is 13.1. The van der Waals surface area contributed by atoms with E-state index in [-0.39, 0.29) is 18.0 Å². The Morgan fingerprint density at radius 1 is 1.25 bits per heavy atom. The molecular formula is C9H17NO2. The summed E-state index contributed by atoms with van der Waals surface area (Å²) in [5.41, 5.74) is 5.50. The van der Waals surface area contributed by atoms with Crippen LogP contribution in [0.1, 0.15) is 33.6 Å². The van der Waals surface area contributed by atoms with Crippen LogP contribution in [0.5, 0.6) is 0 Å². The highest BCUT2D eigenvalue weighted by Crippen LogP contribution is 2.04. The first-order valence-electron chi connectivity index (χ1n) is 4.21. The molecule has 0 aromatic heterocycles. The summed E-state index contributed by atoms with van der Waals surface area (Å²) in [6.45, 7) is 5.36. The molecule has 2 N–H and O–H groups in total. The Morgan fingerprint density at radius 2 is 1.75 bits per heavy atom. The highest BCUT2D eigenvalue weighted by atomic mass is 16.1. The molecule has 3 nitrogen and oxygen atoms in total. The van der Waals surface area contributed by atoms with Crippen LogP contribution in [0.4, 0.5) is 0 Å². The number of Topliss-reactive ketones (excluding diaryl/α,β-unsaturated/α-hetero) is 2. The molecule has 0 bridgehead atoms. The standard InChI is InChI=1S/C9H17NO2/c1-6(2)4-9(12)8(10)5-7(3)11/h6,8H,4-5,10H2,1-3H3. The molecule has 0 fully saturated rings. The minimum Gasteiger partial charge on any atom is -0.321 e. The first kappa shape index (κ1) is 11.3. The van der Waals surface area contributed by atoms with Crippen molar-refractivity contribution in [2.75, 3.05) is 0 Å². The quantitative estimate of drug-likeness (QED) is 0.668. The van der Waals surface area contributed by atoms with E-state index in [0.717, 1.165) is 0 Å². The van der Waals surface area contributed by atoms with Crippen LogP contribution in [0.25, 0.3) is 0 Å². The predicted octanol–water partition coefficient (Wildman–Crippen LogP) is 0.908. The molecule has 0 aliphatic heterocycles. The van der Waals surface area contributed by atoms with Gasteiger partial charge in [-0.25, -0.2) is 0 Å². The lowest BCUT2D eigenvalue weighted by atomic mass is 9.99. The maximum atomic E-state index is 11.2. The Labute approximate surface area is 73.3 Å². The minimum atomic E-state index is -0.593. The third-order valence-electron chi connectivity index (χ3n) is 1.53. The van der Waals surface area contributed by atoms with Crippen molar-refractivity contribution in [3.05, 3.63) is 0 Å². The Balaban J connectivity index is 3.85. The molecule has 0 aliphatic carbocycles. The third-order valence-corrected chi connectivity index (χ3v) is 1.53. The summed E-state index contributed by atoms with van der Waals surface area (Å²) in [6.07, 6.45) is 0.639. The second-order valence-electron chi connectivity index (χ2n) is 3.58. The zero-order valence-electron chi connectivity index (χ0n) is 7.96. The first-order valence-corrected chi connectivity index (χ1v) is 4.21. The van der Waals surface area contributed by atoms with Crippen LogP contribution in [0.2, 0.25) is 0 Å². The van der Waals surface area contributed by atoms with Gasteiger partial charge in [-0.3, -0.25) is 9.59 Å². The van der Waals surface area contributed by atoms with E-state index in [4.69, 9.17) is 5.73 Å². The zero-order valence-corrected chi connectivity index (χ0v) is 7.96. The molecule has 70 valence electrons. The fourth-order valence-electron chi connectivity index (χ4n) is 0.977. The van der Waals surface area contributed by atoms with Gasteiger partial charge in [-0.2, -0.15) is 0 Å². The molecule has 0 amide bonds. The lowest BCUT2D eigenvalue weighted by Crippen LogP contribution is -2.33. The molecule has 0 heterocycles. The van der Waals surface area contributed by atoms with E-state index in [1.165, 1.54) is 6.92 Å². The van der Waals surface area contributed by atoms with Gasteiger partial charge in [0.15, 0.2) is 0 Å². The molecule has 0 aromatic carbocycles. The molecule has 0 saturated carbocycles. The van der Waals surface area contributed by atoms with Crippen molar-refractivity contribution in [3.8, 4) is 0 Å². The van der Waals surface area contributed by atoms with Crippen LogP contribution in [0.3, 0.4) is 0 Å². The fraction of sp³-hybridized carbons (Fsp3) is 0.778. The summed E-state index contributed by atoms with van der Waals surface area (Å²) in [7, 11) is 0. The van der Waals surface area contributed by atoms with E-state index in [0.29, 0.717) is 12.3 Å². The van der Waals surface area contributed by atoms with Gasteiger partial charge in [0.05, 0.1) is 6.04 Å². The summed E-state index contributed by atoms with van der Waals surface area (Å²) in [4.78, 5) is 21.8. The Kier molecular flexibility index (Phi) is 4.74. The van der Waals surface area contributed by atoms with Crippen LogP contribution in [-0.2, 0) is 9.59 Å². The summed E-state index contributed by atoms with van der Waals surface area (Å²) < 4.78 is 0. The SMILES string of the molecule is CC(=O)CC(N)C(=O)CC(C)C. The Morgan fingerprint density at radius 3 is 2.08 bits per heavy atom. The number of ketones is 2. The molecule has 1 atom stereocenters. The van der Waals surface area contributed by atoms with Crippen LogP contribution in [0.15, 0.2) is 0 Å². The molecule has 0 saturated heterocycles. The van der Waals surface area contributed by atoms with Gasteiger partial charge in [-0.15, -0.1) is 0 Å². The van der Waals surface area contributed by atoms with E-state index >= 15 is 0 Å². The highest BCUT2D eigenvalue weighted by molar-refractivity contribution is 5.89. The summed E-state index contributed by atoms with van der Waals surface area (Å²) in [5, 5.41) is 0. The van der Waals surface area contributed by atoms with E-state index in [1.54, 1.807) is 0 Å². The average molecular weight is 171 g/mol. The number of hydrogen-bond acceptors (Lipinski definition) is 3. The molecule has 0 radical (unpaired) electrons. The second-order valence-corrected chi connectivity index (χ2v) is 3.58. The molecule has 0 aromatic rings. The molecule has 0 aliphatic rings. The minimum absolute atomic E-state index is 0.0137. The van der Waals surface area contributed by atoms with Crippen molar-refractivity contribution >= 4 is 11.6 Å². The van der Waals surface area contributed by atoms with Gasteiger partial charge in [0, 0.05) is 12.8 Å². The van der Waals surface area contributed by atoms with Gasteiger partial charge in [0.1, 0.15) is 11.6 Å². The number of hydrogen-bond donors (Lipinski definition) is 1. The van der Waals surface area contributed by atoms with Crippen molar-refractivity contribution in [1.29, 1.82) is 0 Å². The van der Waals surface area contributed by atoms with Gasteiger partial charge < -0.3 is 5.73 Å². The molecule has 0 rings (SSSR count). The topological polar surface area (TPSA) is 60.2 Å².